The highest BCUT2D eigenvalue weighted by Crippen LogP contribution is 2.34. The van der Waals surface area contributed by atoms with Gasteiger partial charge in [0.1, 0.15) is 10.6 Å². The molecule has 0 atom stereocenters. The van der Waals surface area contributed by atoms with Crippen LogP contribution in [0.3, 0.4) is 0 Å². The van der Waals surface area contributed by atoms with Crippen LogP contribution in [-0.4, -0.2) is 29.3 Å². The van der Waals surface area contributed by atoms with Crippen LogP contribution in [0.25, 0.3) is 10.4 Å². The molecule has 0 unspecified atom stereocenters. The van der Waals surface area contributed by atoms with Gasteiger partial charge in [-0.15, -0.1) is 11.3 Å². The highest BCUT2D eigenvalue weighted by atomic mass is 32.1. The van der Waals surface area contributed by atoms with E-state index >= 15 is 0 Å². The van der Waals surface area contributed by atoms with E-state index in [-0.39, 0.29) is 11.3 Å². The van der Waals surface area contributed by atoms with Crippen LogP contribution in [0.4, 0.5) is 0 Å². The SMILES string of the molecule is COc1ccc(-c2sc(C(=O)O)cc2CC(=O)O)cc1. The van der Waals surface area contributed by atoms with Crippen LogP contribution >= 0.6 is 11.3 Å². The summed E-state index contributed by atoms with van der Waals surface area (Å²) in [6.45, 7) is 0. The lowest BCUT2D eigenvalue weighted by atomic mass is 10.1. The first-order chi connectivity index (χ1) is 9.51. The first-order valence-corrected chi connectivity index (χ1v) is 6.55. The molecule has 0 aliphatic carbocycles. The Morgan fingerprint density at radius 2 is 1.85 bits per heavy atom. The lowest BCUT2D eigenvalue weighted by Crippen LogP contribution is -2.00. The van der Waals surface area contributed by atoms with E-state index in [0.29, 0.717) is 16.2 Å². The maximum Gasteiger partial charge on any atom is 0.345 e. The van der Waals surface area contributed by atoms with Crippen molar-refractivity contribution in [3.05, 3.63) is 40.8 Å². The minimum Gasteiger partial charge on any atom is -0.497 e. The molecule has 0 fully saturated rings. The number of methoxy groups -OCH3 is 1. The first-order valence-electron chi connectivity index (χ1n) is 5.73. The molecule has 0 amide bonds. The maximum absolute atomic E-state index is 11.0. The number of hydrogen-bond donors (Lipinski definition) is 2. The van der Waals surface area contributed by atoms with E-state index in [4.69, 9.17) is 14.9 Å². The predicted octanol–water partition coefficient (Wildman–Crippen LogP) is 2.75. The number of carboxylic acids is 2. The molecule has 0 saturated carbocycles. The average molecular weight is 292 g/mol. The number of aromatic carboxylic acids is 1. The lowest BCUT2D eigenvalue weighted by Gasteiger charge is -2.03. The second-order valence-corrected chi connectivity index (χ2v) is 5.12. The van der Waals surface area contributed by atoms with Gasteiger partial charge in [-0.05, 0) is 41.5 Å². The summed E-state index contributed by atoms with van der Waals surface area (Å²) in [5.41, 5.74) is 1.28. The number of carbonyl (C=O) groups is 2. The van der Waals surface area contributed by atoms with Gasteiger partial charge in [-0.2, -0.15) is 0 Å². The van der Waals surface area contributed by atoms with Crippen molar-refractivity contribution in [2.75, 3.05) is 7.11 Å². The zero-order valence-electron chi connectivity index (χ0n) is 10.6. The Morgan fingerprint density at radius 1 is 1.20 bits per heavy atom. The van der Waals surface area contributed by atoms with E-state index in [1.54, 1.807) is 31.4 Å². The Bertz CT molecular complexity index is 642. The Balaban J connectivity index is 2.46. The van der Waals surface area contributed by atoms with Crippen molar-refractivity contribution in [2.45, 2.75) is 6.42 Å². The third-order valence-electron chi connectivity index (χ3n) is 2.71. The van der Waals surface area contributed by atoms with Gasteiger partial charge in [0.15, 0.2) is 0 Å². The summed E-state index contributed by atoms with van der Waals surface area (Å²) in [5, 5.41) is 17.9. The van der Waals surface area contributed by atoms with Crippen molar-refractivity contribution in [3.63, 3.8) is 0 Å². The standard InChI is InChI=1S/C14H12O5S/c1-19-10-4-2-8(3-5-10)13-9(7-12(15)16)6-11(20-13)14(17)18/h2-6H,7H2,1H3,(H,15,16)(H,17,18). The molecule has 0 saturated heterocycles. The minimum absolute atomic E-state index is 0.132. The maximum atomic E-state index is 11.0. The summed E-state index contributed by atoms with van der Waals surface area (Å²) in [4.78, 5) is 22.7. The van der Waals surface area contributed by atoms with Crippen molar-refractivity contribution >= 4 is 23.3 Å². The summed E-state index contributed by atoms with van der Waals surface area (Å²) in [7, 11) is 1.55. The number of rotatable bonds is 5. The number of benzene rings is 1. The molecular weight excluding hydrogens is 280 g/mol. The molecule has 0 radical (unpaired) electrons. The van der Waals surface area contributed by atoms with E-state index in [9.17, 15) is 9.59 Å². The van der Waals surface area contributed by atoms with E-state index in [0.717, 1.165) is 16.9 Å². The fraction of sp³-hybridized carbons (Fsp3) is 0.143. The van der Waals surface area contributed by atoms with Gasteiger partial charge in [-0.1, -0.05) is 0 Å². The van der Waals surface area contributed by atoms with Gasteiger partial charge in [0.2, 0.25) is 0 Å². The van der Waals surface area contributed by atoms with Crippen LogP contribution in [-0.2, 0) is 11.2 Å². The molecule has 5 nitrogen and oxygen atoms in total. The van der Waals surface area contributed by atoms with Crippen molar-refractivity contribution in [2.24, 2.45) is 0 Å². The number of ether oxygens (including phenoxy) is 1. The highest BCUT2D eigenvalue weighted by Gasteiger charge is 2.17. The molecule has 1 aromatic heterocycles. The van der Waals surface area contributed by atoms with Crippen LogP contribution in [0.2, 0.25) is 0 Å². The molecule has 2 rings (SSSR count). The van der Waals surface area contributed by atoms with E-state index in [2.05, 4.69) is 0 Å². The minimum atomic E-state index is -1.05. The van der Waals surface area contributed by atoms with Crippen LogP contribution in [0.15, 0.2) is 30.3 Å². The fourth-order valence-corrected chi connectivity index (χ4v) is 2.84. The normalized spacial score (nSPS) is 10.2. The summed E-state index contributed by atoms with van der Waals surface area (Å²) in [6, 6.07) is 8.48. The number of thiophene rings is 1. The molecule has 0 aliphatic heterocycles. The molecule has 0 spiro atoms. The molecule has 0 bridgehead atoms. The van der Waals surface area contributed by atoms with Gasteiger partial charge < -0.3 is 14.9 Å². The molecular formula is C14H12O5S. The lowest BCUT2D eigenvalue weighted by molar-refractivity contribution is -0.136. The summed E-state index contributed by atoms with van der Waals surface area (Å²) in [6.07, 6.45) is -0.203. The summed E-state index contributed by atoms with van der Waals surface area (Å²) < 4.78 is 5.06. The third kappa shape index (κ3) is 2.97. The zero-order chi connectivity index (χ0) is 14.7. The van der Waals surface area contributed by atoms with Crippen LogP contribution in [0, 0.1) is 0 Å². The Hall–Kier alpha value is -2.34. The molecule has 1 heterocycles. The molecule has 104 valence electrons. The quantitative estimate of drug-likeness (QED) is 0.885. The Labute approximate surface area is 119 Å². The molecule has 20 heavy (non-hydrogen) atoms. The number of carboxylic acid groups (broad SMARTS) is 2. The van der Waals surface area contributed by atoms with Gasteiger partial charge in [0.25, 0.3) is 0 Å². The molecule has 1 aromatic carbocycles. The molecule has 0 aliphatic rings. The Morgan fingerprint density at radius 3 is 2.35 bits per heavy atom. The van der Waals surface area contributed by atoms with Crippen molar-refractivity contribution in [3.8, 4) is 16.2 Å². The second kappa shape index (κ2) is 5.75. The van der Waals surface area contributed by atoms with Crippen LogP contribution in [0.5, 0.6) is 5.75 Å². The Kier molecular flexibility index (Phi) is 4.05. The summed E-state index contributed by atoms with van der Waals surface area (Å²) >= 11 is 1.07. The zero-order valence-corrected chi connectivity index (χ0v) is 11.4. The smallest absolute Gasteiger partial charge is 0.345 e. The van der Waals surface area contributed by atoms with Crippen molar-refractivity contribution in [1.82, 2.24) is 0 Å². The van der Waals surface area contributed by atoms with Crippen molar-refractivity contribution in [1.29, 1.82) is 0 Å². The van der Waals surface area contributed by atoms with E-state index < -0.39 is 11.9 Å². The van der Waals surface area contributed by atoms with Gasteiger partial charge in [0, 0.05) is 4.88 Å². The largest absolute Gasteiger partial charge is 0.497 e. The second-order valence-electron chi connectivity index (χ2n) is 4.07. The fourth-order valence-electron chi connectivity index (χ4n) is 1.82. The number of aliphatic carboxylic acids is 1. The monoisotopic (exact) mass is 292 g/mol. The third-order valence-corrected chi connectivity index (χ3v) is 3.93. The van der Waals surface area contributed by atoms with Gasteiger partial charge >= 0.3 is 11.9 Å². The van der Waals surface area contributed by atoms with Gasteiger partial charge in [0.05, 0.1) is 13.5 Å². The van der Waals surface area contributed by atoms with E-state index in [1.807, 2.05) is 0 Å². The average Bonchev–Trinajstić information content (AvgIpc) is 2.82. The molecule has 2 aromatic rings. The summed E-state index contributed by atoms with van der Waals surface area (Å²) in [5.74, 6) is -1.36. The predicted molar refractivity (Wildman–Crippen MR) is 74.6 cm³/mol. The van der Waals surface area contributed by atoms with Gasteiger partial charge in [-0.3, -0.25) is 4.79 Å². The van der Waals surface area contributed by atoms with E-state index in [1.165, 1.54) is 6.07 Å². The highest BCUT2D eigenvalue weighted by molar-refractivity contribution is 7.17. The molecule has 6 heteroatoms. The topological polar surface area (TPSA) is 83.8 Å². The van der Waals surface area contributed by atoms with Crippen LogP contribution in [0.1, 0.15) is 15.2 Å². The molecule has 2 N–H and O–H groups in total. The first kappa shape index (κ1) is 14.1. The number of hydrogen-bond acceptors (Lipinski definition) is 4. The van der Waals surface area contributed by atoms with Crippen LogP contribution < -0.4 is 4.74 Å². The van der Waals surface area contributed by atoms with Gasteiger partial charge in [-0.25, -0.2) is 4.79 Å². The van der Waals surface area contributed by atoms with Crippen molar-refractivity contribution < 1.29 is 24.5 Å².